The summed E-state index contributed by atoms with van der Waals surface area (Å²) in [5, 5.41) is 9.86. The summed E-state index contributed by atoms with van der Waals surface area (Å²) in [5.41, 5.74) is 0. The van der Waals surface area contributed by atoms with Crippen molar-refractivity contribution >= 4 is 35.8 Å². The van der Waals surface area contributed by atoms with Crippen LogP contribution in [0.4, 0.5) is 0 Å². The molecule has 0 aromatic carbocycles. The molecule has 1 unspecified atom stereocenters. The van der Waals surface area contributed by atoms with E-state index in [0.29, 0.717) is 25.0 Å². The van der Waals surface area contributed by atoms with Gasteiger partial charge in [0.05, 0.1) is 13.2 Å². The van der Waals surface area contributed by atoms with E-state index in [1.54, 1.807) is 7.05 Å². The molecule has 7 nitrogen and oxygen atoms in total. The Morgan fingerprint density at radius 1 is 1.07 bits per heavy atom. The minimum absolute atomic E-state index is 0. The molecule has 1 saturated carbocycles. The fraction of sp³-hybridized carbons (Fsp3) is 0.905. The van der Waals surface area contributed by atoms with E-state index in [2.05, 4.69) is 39.7 Å². The van der Waals surface area contributed by atoms with E-state index in [0.717, 1.165) is 58.1 Å². The monoisotopic (exact) mass is 523 g/mol. The number of carbonyl (C=O) groups excluding carboxylic acids is 1. The van der Waals surface area contributed by atoms with Crippen LogP contribution in [0.3, 0.4) is 0 Å². The average molecular weight is 524 g/mol. The molecule has 0 bridgehead atoms. The molecule has 0 spiro atoms. The summed E-state index contributed by atoms with van der Waals surface area (Å²) in [5.74, 6) is 1.89. The molecule has 1 atom stereocenters. The highest BCUT2D eigenvalue weighted by molar-refractivity contribution is 14.0. The van der Waals surface area contributed by atoms with Crippen LogP contribution >= 0.6 is 24.0 Å². The lowest BCUT2D eigenvalue weighted by Gasteiger charge is -2.35. The second-order valence-electron chi connectivity index (χ2n) is 8.44. The molecular formula is C21H42IN5O2. The lowest BCUT2D eigenvalue weighted by atomic mass is 9.89. The Hall–Kier alpha value is -0.610. The van der Waals surface area contributed by atoms with Gasteiger partial charge in [-0.3, -0.25) is 14.7 Å². The minimum Gasteiger partial charge on any atom is -0.379 e. The Kier molecular flexibility index (Phi) is 13.9. The van der Waals surface area contributed by atoms with E-state index < -0.39 is 0 Å². The Morgan fingerprint density at radius 2 is 1.72 bits per heavy atom. The summed E-state index contributed by atoms with van der Waals surface area (Å²) in [6.07, 6.45) is 6.89. The quantitative estimate of drug-likeness (QED) is 0.187. The largest absolute Gasteiger partial charge is 0.379 e. The van der Waals surface area contributed by atoms with Gasteiger partial charge < -0.3 is 20.7 Å². The number of nitrogens with one attached hydrogen (secondary N) is 3. The van der Waals surface area contributed by atoms with Crippen molar-refractivity contribution in [2.24, 2.45) is 16.8 Å². The molecule has 1 saturated heterocycles. The Bertz CT molecular complexity index is 478. The van der Waals surface area contributed by atoms with E-state index in [1.165, 1.54) is 19.3 Å². The third-order valence-electron chi connectivity index (χ3n) is 5.73. The first-order valence-electron chi connectivity index (χ1n) is 11.1. The van der Waals surface area contributed by atoms with E-state index in [4.69, 9.17) is 4.74 Å². The summed E-state index contributed by atoms with van der Waals surface area (Å²) in [7, 11) is 1.79. The Morgan fingerprint density at radius 3 is 2.34 bits per heavy atom. The fourth-order valence-electron chi connectivity index (χ4n) is 4.16. The average Bonchev–Trinajstić information content (AvgIpc) is 2.73. The molecule has 2 fully saturated rings. The van der Waals surface area contributed by atoms with Gasteiger partial charge in [-0.1, -0.05) is 33.1 Å². The zero-order chi connectivity index (χ0) is 20.2. The first-order chi connectivity index (χ1) is 13.6. The van der Waals surface area contributed by atoms with Crippen molar-refractivity contribution in [1.82, 2.24) is 20.9 Å². The van der Waals surface area contributed by atoms with Gasteiger partial charge in [-0.05, 0) is 25.2 Å². The Balaban J connectivity index is 0.00000420. The van der Waals surface area contributed by atoms with Gasteiger partial charge in [0.15, 0.2) is 5.96 Å². The van der Waals surface area contributed by atoms with Crippen molar-refractivity contribution in [2.45, 2.75) is 58.4 Å². The third kappa shape index (κ3) is 10.3. The molecule has 29 heavy (non-hydrogen) atoms. The zero-order valence-corrected chi connectivity index (χ0v) is 20.9. The van der Waals surface area contributed by atoms with Crippen LogP contribution in [0.25, 0.3) is 0 Å². The second kappa shape index (κ2) is 15.2. The highest BCUT2D eigenvalue weighted by Crippen LogP contribution is 2.23. The lowest BCUT2D eigenvalue weighted by molar-refractivity contribution is -0.125. The van der Waals surface area contributed by atoms with Gasteiger partial charge in [0.25, 0.3) is 0 Å². The first-order valence-corrected chi connectivity index (χ1v) is 11.1. The van der Waals surface area contributed by atoms with Crippen molar-refractivity contribution in [3.05, 3.63) is 0 Å². The van der Waals surface area contributed by atoms with Crippen LogP contribution in [0.5, 0.6) is 0 Å². The number of rotatable bonds is 9. The van der Waals surface area contributed by atoms with Crippen LogP contribution in [-0.4, -0.2) is 75.8 Å². The molecule has 0 aromatic heterocycles. The fourth-order valence-corrected chi connectivity index (χ4v) is 4.16. The number of guanidine groups is 1. The van der Waals surface area contributed by atoms with Crippen LogP contribution in [0.1, 0.15) is 52.4 Å². The summed E-state index contributed by atoms with van der Waals surface area (Å²) in [6.45, 7) is 10.4. The van der Waals surface area contributed by atoms with Crippen molar-refractivity contribution in [2.75, 3.05) is 53.0 Å². The standard InChI is InChI=1S/C21H41N5O2.HI/c1-17(2)15-19(26-11-13-28-14-12-26)16-25-21(22-3)24-10-9-23-20(27)18-7-5-4-6-8-18;/h17-19H,4-16H2,1-3H3,(H,23,27)(H2,22,24,25);1H. The third-order valence-corrected chi connectivity index (χ3v) is 5.73. The summed E-state index contributed by atoms with van der Waals surface area (Å²) >= 11 is 0. The molecule has 2 aliphatic rings. The van der Waals surface area contributed by atoms with Gasteiger partial charge in [-0.15, -0.1) is 24.0 Å². The molecule has 1 aliphatic carbocycles. The maximum Gasteiger partial charge on any atom is 0.223 e. The lowest BCUT2D eigenvalue weighted by Crippen LogP contribution is -2.51. The predicted molar refractivity (Wildman–Crippen MR) is 130 cm³/mol. The van der Waals surface area contributed by atoms with Gasteiger partial charge >= 0.3 is 0 Å². The van der Waals surface area contributed by atoms with E-state index >= 15 is 0 Å². The number of nitrogens with zero attached hydrogens (tertiary/aromatic N) is 2. The highest BCUT2D eigenvalue weighted by Gasteiger charge is 2.22. The molecule has 3 N–H and O–H groups in total. The Labute approximate surface area is 194 Å². The molecule has 170 valence electrons. The second-order valence-corrected chi connectivity index (χ2v) is 8.44. The van der Waals surface area contributed by atoms with Gasteiger partial charge in [0.1, 0.15) is 0 Å². The van der Waals surface area contributed by atoms with E-state index in [9.17, 15) is 4.79 Å². The molecule has 0 aromatic rings. The van der Waals surface area contributed by atoms with Crippen molar-refractivity contribution < 1.29 is 9.53 Å². The van der Waals surface area contributed by atoms with Gasteiger partial charge in [0.2, 0.25) is 5.91 Å². The number of hydrogen-bond acceptors (Lipinski definition) is 4. The number of morpholine rings is 1. The van der Waals surface area contributed by atoms with Gasteiger partial charge in [-0.25, -0.2) is 0 Å². The minimum atomic E-state index is 0. The van der Waals surface area contributed by atoms with Crippen LogP contribution in [-0.2, 0) is 9.53 Å². The number of halogens is 1. The topological polar surface area (TPSA) is 78.0 Å². The maximum atomic E-state index is 12.2. The molecule has 1 heterocycles. The smallest absolute Gasteiger partial charge is 0.223 e. The first kappa shape index (κ1) is 26.4. The number of ether oxygens (including phenoxy) is 1. The van der Waals surface area contributed by atoms with Crippen molar-refractivity contribution in [1.29, 1.82) is 0 Å². The SMILES string of the molecule is CN=C(NCCNC(=O)C1CCCCC1)NCC(CC(C)C)N1CCOCC1.I. The molecular weight excluding hydrogens is 481 g/mol. The zero-order valence-electron chi connectivity index (χ0n) is 18.5. The molecule has 1 aliphatic heterocycles. The molecule has 8 heteroatoms. The highest BCUT2D eigenvalue weighted by atomic mass is 127. The van der Waals surface area contributed by atoms with Gasteiger partial charge in [-0.2, -0.15) is 0 Å². The maximum absolute atomic E-state index is 12.2. The van der Waals surface area contributed by atoms with Crippen LogP contribution in [0.15, 0.2) is 4.99 Å². The number of amides is 1. The van der Waals surface area contributed by atoms with Crippen molar-refractivity contribution in [3.8, 4) is 0 Å². The molecule has 1 amide bonds. The van der Waals surface area contributed by atoms with E-state index in [-0.39, 0.29) is 35.8 Å². The van der Waals surface area contributed by atoms with Gasteiger partial charge in [0, 0.05) is 51.7 Å². The van der Waals surface area contributed by atoms with E-state index in [1.807, 2.05) is 0 Å². The normalized spacial score (nSPS) is 20.1. The summed E-state index contributed by atoms with van der Waals surface area (Å²) in [4.78, 5) is 19.1. The molecule has 0 radical (unpaired) electrons. The molecule has 2 rings (SSSR count). The summed E-state index contributed by atoms with van der Waals surface area (Å²) < 4.78 is 5.50. The number of aliphatic imine (C=N–C) groups is 1. The van der Waals surface area contributed by atoms with Crippen LogP contribution in [0.2, 0.25) is 0 Å². The predicted octanol–water partition coefficient (Wildman–Crippen LogP) is 2.21. The van der Waals surface area contributed by atoms with Crippen LogP contribution in [0, 0.1) is 11.8 Å². The number of hydrogen-bond donors (Lipinski definition) is 3. The number of carbonyl (C=O) groups is 1. The van der Waals surface area contributed by atoms with Crippen molar-refractivity contribution in [3.63, 3.8) is 0 Å². The summed E-state index contributed by atoms with van der Waals surface area (Å²) in [6, 6.07) is 0.480. The van der Waals surface area contributed by atoms with Crippen LogP contribution < -0.4 is 16.0 Å².